The molecule has 35 heavy (non-hydrogen) atoms. The number of nitrogens with one attached hydrogen (secondary N) is 2. The molecule has 2 aromatic carbocycles. The van der Waals surface area contributed by atoms with Gasteiger partial charge in [-0.15, -0.1) is 5.10 Å². The second-order valence-electron chi connectivity index (χ2n) is 9.61. The molecule has 1 amide bonds. The van der Waals surface area contributed by atoms with E-state index in [0.717, 1.165) is 38.5 Å². The van der Waals surface area contributed by atoms with Crippen LogP contribution in [-0.2, 0) is 11.3 Å². The molecular weight excluding hydrogens is 460 g/mol. The summed E-state index contributed by atoms with van der Waals surface area (Å²) < 4.78 is 7.01. The molecule has 0 aliphatic carbocycles. The molecule has 4 aromatic rings. The number of anilines is 2. The Hall–Kier alpha value is -3.59. The van der Waals surface area contributed by atoms with Crippen molar-refractivity contribution >= 4 is 33.2 Å². The van der Waals surface area contributed by atoms with Crippen LogP contribution in [0.2, 0.25) is 0 Å². The number of carbonyl (C=O) groups excluding carboxylic acids is 1. The zero-order valence-electron chi connectivity index (χ0n) is 21.0. The number of methoxy groups -OCH3 is 1. The zero-order valence-corrected chi connectivity index (χ0v) is 21.9. The van der Waals surface area contributed by atoms with Gasteiger partial charge >= 0.3 is 0 Å². The van der Waals surface area contributed by atoms with Crippen molar-refractivity contribution in [1.82, 2.24) is 19.9 Å². The SMILES string of the molecule is COc1ccc(CNC(=O)CN(C)c2nn3c(NC(C)(C)C)c(-c4ccc(C)cc4)nc3s2)cc1. The Morgan fingerprint density at radius 1 is 1.11 bits per heavy atom. The number of rotatable bonds is 8. The minimum atomic E-state index is -0.174. The first-order valence-electron chi connectivity index (χ1n) is 11.5. The lowest BCUT2D eigenvalue weighted by atomic mass is 10.1. The van der Waals surface area contributed by atoms with E-state index in [-0.39, 0.29) is 18.0 Å². The predicted octanol–water partition coefficient (Wildman–Crippen LogP) is 4.74. The fourth-order valence-corrected chi connectivity index (χ4v) is 4.42. The van der Waals surface area contributed by atoms with Crippen LogP contribution in [-0.4, -0.2) is 46.7 Å². The van der Waals surface area contributed by atoms with Crippen LogP contribution < -0.4 is 20.3 Å². The van der Waals surface area contributed by atoms with Gasteiger partial charge in [-0.25, -0.2) is 4.98 Å². The molecule has 0 aliphatic rings. The zero-order chi connectivity index (χ0) is 25.2. The number of likely N-dealkylation sites (N-methyl/N-ethyl adjacent to an activating group) is 1. The van der Waals surface area contributed by atoms with E-state index in [4.69, 9.17) is 14.8 Å². The number of imidazole rings is 1. The Labute approximate surface area is 209 Å². The molecule has 2 heterocycles. The highest BCUT2D eigenvalue weighted by molar-refractivity contribution is 7.20. The van der Waals surface area contributed by atoms with Gasteiger partial charge in [-0.2, -0.15) is 4.52 Å². The number of fused-ring (bicyclic) bond motifs is 1. The van der Waals surface area contributed by atoms with E-state index in [9.17, 15) is 4.79 Å². The van der Waals surface area contributed by atoms with E-state index in [2.05, 4.69) is 62.6 Å². The average molecular weight is 493 g/mol. The summed E-state index contributed by atoms with van der Waals surface area (Å²) in [4.78, 5) is 20.1. The molecule has 0 unspecified atom stereocenters. The molecule has 0 bridgehead atoms. The Morgan fingerprint density at radius 3 is 2.43 bits per heavy atom. The molecule has 0 radical (unpaired) electrons. The number of nitrogens with zero attached hydrogens (tertiary/aromatic N) is 4. The number of hydrogen-bond donors (Lipinski definition) is 2. The maximum atomic E-state index is 12.6. The molecule has 9 heteroatoms. The molecule has 0 saturated heterocycles. The van der Waals surface area contributed by atoms with Crippen molar-refractivity contribution in [2.45, 2.75) is 39.8 Å². The topological polar surface area (TPSA) is 83.8 Å². The number of ether oxygens (including phenoxy) is 1. The molecule has 2 aromatic heterocycles. The molecular formula is C26H32N6O2S. The second kappa shape index (κ2) is 9.95. The second-order valence-corrected chi connectivity index (χ2v) is 10.5. The molecule has 0 saturated carbocycles. The quantitative estimate of drug-likeness (QED) is 0.370. The summed E-state index contributed by atoms with van der Waals surface area (Å²) in [7, 11) is 3.50. The van der Waals surface area contributed by atoms with E-state index >= 15 is 0 Å². The molecule has 0 fully saturated rings. The number of carbonyl (C=O) groups is 1. The van der Waals surface area contributed by atoms with Gasteiger partial charge in [0.15, 0.2) is 5.82 Å². The fraction of sp³-hybridized carbons (Fsp3) is 0.346. The van der Waals surface area contributed by atoms with Crippen molar-refractivity contribution in [3.63, 3.8) is 0 Å². The van der Waals surface area contributed by atoms with E-state index in [0.29, 0.717) is 6.54 Å². The van der Waals surface area contributed by atoms with Gasteiger partial charge in [-0.1, -0.05) is 53.3 Å². The van der Waals surface area contributed by atoms with Crippen molar-refractivity contribution in [2.75, 3.05) is 30.9 Å². The van der Waals surface area contributed by atoms with Crippen LogP contribution in [0, 0.1) is 6.92 Å². The largest absolute Gasteiger partial charge is 0.497 e. The lowest BCUT2D eigenvalue weighted by molar-refractivity contribution is -0.119. The maximum Gasteiger partial charge on any atom is 0.239 e. The van der Waals surface area contributed by atoms with Crippen molar-refractivity contribution in [2.24, 2.45) is 0 Å². The third-order valence-corrected chi connectivity index (χ3v) is 6.39. The first kappa shape index (κ1) is 24.5. The van der Waals surface area contributed by atoms with Gasteiger partial charge < -0.3 is 20.3 Å². The highest BCUT2D eigenvalue weighted by atomic mass is 32.1. The summed E-state index contributed by atoms with van der Waals surface area (Å²) in [5, 5.41) is 12.0. The van der Waals surface area contributed by atoms with Crippen LogP contribution in [0.15, 0.2) is 48.5 Å². The van der Waals surface area contributed by atoms with Crippen molar-refractivity contribution in [3.8, 4) is 17.0 Å². The minimum absolute atomic E-state index is 0.0791. The summed E-state index contributed by atoms with van der Waals surface area (Å²) in [6, 6.07) is 16.0. The Bertz CT molecular complexity index is 1300. The monoisotopic (exact) mass is 492 g/mol. The van der Waals surface area contributed by atoms with E-state index in [1.165, 1.54) is 16.9 Å². The maximum absolute atomic E-state index is 12.6. The van der Waals surface area contributed by atoms with Crippen LogP contribution >= 0.6 is 11.3 Å². The number of amides is 1. The van der Waals surface area contributed by atoms with Gasteiger partial charge in [0.05, 0.1) is 13.7 Å². The molecule has 0 spiro atoms. The first-order chi connectivity index (χ1) is 16.6. The summed E-state index contributed by atoms with van der Waals surface area (Å²) >= 11 is 1.46. The number of aromatic nitrogens is 3. The van der Waals surface area contributed by atoms with Crippen LogP contribution in [0.4, 0.5) is 10.9 Å². The van der Waals surface area contributed by atoms with Crippen LogP contribution in [0.25, 0.3) is 16.2 Å². The summed E-state index contributed by atoms with van der Waals surface area (Å²) in [6.45, 7) is 9.05. The number of hydrogen-bond acceptors (Lipinski definition) is 7. The predicted molar refractivity (Wildman–Crippen MR) is 143 cm³/mol. The number of benzene rings is 2. The van der Waals surface area contributed by atoms with Crippen molar-refractivity contribution < 1.29 is 9.53 Å². The molecule has 8 nitrogen and oxygen atoms in total. The van der Waals surface area contributed by atoms with Gasteiger partial charge in [0.25, 0.3) is 0 Å². The third kappa shape index (κ3) is 5.92. The van der Waals surface area contributed by atoms with Crippen molar-refractivity contribution in [1.29, 1.82) is 0 Å². The van der Waals surface area contributed by atoms with Gasteiger partial charge in [-0.05, 0) is 45.4 Å². The minimum Gasteiger partial charge on any atom is -0.497 e. The Morgan fingerprint density at radius 2 is 1.80 bits per heavy atom. The summed E-state index contributed by atoms with van der Waals surface area (Å²) in [5.74, 6) is 1.56. The van der Waals surface area contributed by atoms with Gasteiger partial charge in [0.1, 0.15) is 11.4 Å². The fourth-order valence-electron chi connectivity index (χ4n) is 3.56. The first-order valence-corrected chi connectivity index (χ1v) is 12.3. The van der Waals surface area contributed by atoms with Crippen LogP contribution in [0.5, 0.6) is 5.75 Å². The van der Waals surface area contributed by atoms with E-state index < -0.39 is 0 Å². The molecule has 0 aliphatic heterocycles. The molecule has 4 rings (SSSR count). The summed E-state index contributed by atoms with van der Waals surface area (Å²) in [5.41, 5.74) is 3.94. The lowest BCUT2D eigenvalue weighted by Crippen LogP contribution is -2.34. The van der Waals surface area contributed by atoms with E-state index in [1.807, 2.05) is 40.7 Å². The molecule has 184 valence electrons. The Kier molecular flexibility index (Phi) is 6.98. The average Bonchev–Trinajstić information content (AvgIpc) is 3.37. The van der Waals surface area contributed by atoms with Gasteiger partial charge in [0.2, 0.25) is 16.0 Å². The van der Waals surface area contributed by atoms with Gasteiger partial charge in [-0.3, -0.25) is 4.79 Å². The van der Waals surface area contributed by atoms with Crippen LogP contribution in [0.3, 0.4) is 0 Å². The van der Waals surface area contributed by atoms with E-state index in [1.54, 1.807) is 7.11 Å². The third-order valence-electron chi connectivity index (χ3n) is 5.37. The molecule has 2 N–H and O–H groups in total. The highest BCUT2D eigenvalue weighted by Gasteiger charge is 2.23. The lowest BCUT2D eigenvalue weighted by Gasteiger charge is -2.22. The van der Waals surface area contributed by atoms with Gasteiger partial charge in [0, 0.05) is 24.7 Å². The normalized spacial score (nSPS) is 11.5. The number of aryl methyl sites for hydroxylation is 1. The van der Waals surface area contributed by atoms with Crippen LogP contribution in [0.1, 0.15) is 31.9 Å². The van der Waals surface area contributed by atoms with Crippen molar-refractivity contribution in [3.05, 3.63) is 59.7 Å². The Balaban J connectivity index is 1.50. The smallest absolute Gasteiger partial charge is 0.239 e. The molecule has 0 atom stereocenters. The summed E-state index contributed by atoms with van der Waals surface area (Å²) in [6.07, 6.45) is 0. The highest BCUT2D eigenvalue weighted by Crippen LogP contribution is 2.34. The standard InChI is InChI=1S/C26H32N6O2S/c1-17-7-11-19(12-8-17)22-23(29-26(2,3)4)32-24(28-22)35-25(30-32)31(5)16-21(33)27-15-18-9-13-20(34-6)14-10-18/h7-14,29H,15-16H2,1-6H3,(H,27,33).